The molecular weight excluding hydrogens is 346 g/mol. The predicted octanol–water partition coefficient (Wildman–Crippen LogP) is 0.468. The van der Waals surface area contributed by atoms with E-state index in [1.807, 2.05) is 0 Å². The molecule has 6 nitrogen and oxygen atoms in total. The van der Waals surface area contributed by atoms with Crippen molar-refractivity contribution in [3.05, 3.63) is 33.3 Å². The van der Waals surface area contributed by atoms with E-state index in [0.717, 1.165) is 6.07 Å². The van der Waals surface area contributed by atoms with Crippen LogP contribution in [-0.2, 0) is 15.1 Å². The first-order valence-corrected chi connectivity index (χ1v) is 11.7. The first-order chi connectivity index (χ1) is 7.60. The Morgan fingerprint density at radius 3 is 2.41 bits per heavy atom. The van der Waals surface area contributed by atoms with Crippen LogP contribution in [-0.4, -0.2) is 12.0 Å². The second-order valence-electron chi connectivity index (χ2n) is 2.31. The van der Waals surface area contributed by atoms with Crippen LogP contribution < -0.4 is 17.1 Å². The third kappa shape index (κ3) is 6.59. The van der Waals surface area contributed by atoms with Crippen molar-refractivity contribution in [2.75, 3.05) is 7.11 Å². The number of nitro benzene ring substituents is 1. The maximum absolute atomic E-state index is 10.3. The van der Waals surface area contributed by atoms with Gasteiger partial charge in [0.15, 0.2) is 4.98 Å². The second-order valence-corrected chi connectivity index (χ2v) is 6.94. The SMILES string of the molecule is COc1ccc([N+](=O)[O-])cc1[N+]#N.[Cl-].[Cl][Zn][Cl]. The van der Waals surface area contributed by atoms with Gasteiger partial charge in [0.25, 0.3) is 5.69 Å². The van der Waals surface area contributed by atoms with Crippen LogP contribution >= 0.6 is 19.4 Å². The molecule has 1 aromatic rings. The van der Waals surface area contributed by atoms with E-state index in [9.17, 15) is 10.1 Å². The molecule has 17 heavy (non-hydrogen) atoms. The Labute approximate surface area is 119 Å². The monoisotopic (exact) mass is 349 g/mol. The number of ether oxygens (including phenoxy) is 1. The van der Waals surface area contributed by atoms with E-state index in [4.69, 9.17) is 29.5 Å². The van der Waals surface area contributed by atoms with Gasteiger partial charge in [-0.2, -0.15) is 0 Å². The standard InChI is InChI=1S/C7H6N3O3.3ClH.Zn/c1-13-7-3-2-5(10(11)12)4-6(7)9-8;;;;/h2-4H,1H3;3*1H;/q+1;;;;+2/p-3. The van der Waals surface area contributed by atoms with Crippen LogP contribution in [0.5, 0.6) is 5.75 Å². The van der Waals surface area contributed by atoms with Gasteiger partial charge in [0.2, 0.25) is 11.1 Å². The molecule has 0 aliphatic heterocycles. The van der Waals surface area contributed by atoms with Crippen LogP contribution in [0, 0.1) is 15.5 Å². The summed E-state index contributed by atoms with van der Waals surface area (Å²) in [5.74, 6) is 0.285. The molecule has 0 unspecified atom stereocenters. The molecule has 0 heterocycles. The number of halogens is 3. The van der Waals surface area contributed by atoms with Gasteiger partial charge in [0, 0.05) is 6.07 Å². The summed E-state index contributed by atoms with van der Waals surface area (Å²) >= 11 is -0.931. The molecule has 0 aliphatic carbocycles. The molecule has 0 spiro atoms. The zero-order valence-corrected chi connectivity index (χ0v) is 13.9. The zero-order chi connectivity index (χ0) is 12.6. The molecule has 0 fully saturated rings. The number of benzene rings is 1. The van der Waals surface area contributed by atoms with E-state index in [1.54, 1.807) is 0 Å². The molecular formula is C7H6Cl3N3O3Zn. The van der Waals surface area contributed by atoms with Gasteiger partial charge < -0.3 is 17.1 Å². The van der Waals surface area contributed by atoms with Crippen LogP contribution in [0.3, 0.4) is 0 Å². The van der Waals surface area contributed by atoms with Crippen LogP contribution in [0.25, 0.3) is 4.98 Å². The first kappa shape index (κ1) is 18.7. The minimum atomic E-state index is -0.931. The average Bonchev–Trinajstić information content (AvgIpc) is 2.29. The summed E-state index contributed by atoms with van der Waals surface area (Å²) in [6.07, 6.45) is 0. The number of hydrogen-bond donors (Lipinski definition) is 0. The number of hydrogen-bond acceptors (Lipinski definition) is 4. The molecule has 0 atom stereocenters. The van der Waals surface area contributed by atoms with Crippen LogP contribution in [0.2, 0.25) is 0 Å². The summed E-state index contributed by atoms with van der Waals surface area (Å²) in [7, 11) is 11.3. The third-order valence-electron chi connectivity index (χ3n) is 1.48. The number of nitro groups is 1. The van der Waals surface area contributed by atoms with E-state index >= 15 is 0 Å². The predicted molar refractivity (Wildman–Crippen MR) is 56.1 cm³/mol. The van der Waals surface area contributed by atoms with Crippen molar-refractivity contribution in [2.24, 2.45) is 0 Å². The second kappa shape index (κ2) is 10.5. The molecule has 1 aromatic carbocycles. The summed E-state index contributed by atoms with van der Waals surface area (Å²) in [4.78, 5) is 12.6. The number of methoxy groups -OCH3 is 1. The van der Waals surface area contributed by atoms with Gasteiger partial charge in [0.1, 0.15) is 6.07 Å². The molecule has 0 N–H and O–H groups in total. The van der Waals surface area contributed by atoms with E-state index in [2.05, 4.69) is 4.98 Å². The Balaban J connectivity index is 0. The van der Waals surface area contributed by atoms with Crippen molar-refractivity contribution in [3.63, 3.8) is 0 Å². The number of non-ortho nitro benzene ring substituents is 1. The molecule has 90 valence electrons. The fourth-order valence-corrected chi connectivity index (χ4v) is 0.870. The molecule has 1 rings (SSSR count). The van der Waals surface area contributed by atoms with E-state index in [0.29, 0.717) is 0 Å². The summed E-state index contributed by atoms with van der Waals surface area (Å²) in [6.45, 7) is 0. The molecule has 0 saturated carbocycles. The van der Waals surface area contributed by atoms with Gasteiger partial charge in [0.05, 0.1) is 12.0 Å². The number of nitrogens with zero attached hydrogens (tertiary/aromatic N) is 3. The van der Waals surface area contributed by atoms with E-state index in [-0.39, 0.29) is 29.5 Å². The van der Waals surface area contributed by atoms with Gasteiger partial charge in [-0.3, -0.25) is 10.1 Å². The van der Waals surface area contributed by atoms with Crippen molar-refractivity contribution in [1.82, 2.24) is 0 Å². The van der Waals surface area contributed by atoms with Gasteiger partial charge in [-0.05, 0) is 6.07 Å². The zero-order valence-electron chi connectivity index (χ0n) is 8.64. The molecule has 0 aliphatic rings. The molecule has 0 bridgehead atoms. The van der Waals surface area contributed by atoms with Crippen molar-refractivity contribution in [1.29, 1.82) is 5.39 Å². The van der Waals surface area contributed by atoms with E-state index in [1.165, 1.54) is 19.2 Å². The van der Waals surface area contributed by atoms with Gasteiger partial charge in [-0.25, -0.2) is 0 Å². The number of rotatable bonds is 2. The Kier molecular flexibility index (Phi) is 11.5. The van der Waals surface area contributed by atoms with Crippen molar-refractivity contribution in [2.45, 2.75) is 0 Å². The Bertz CT molecular complexity index is 413. The molecule has 0 aromatic heterocycles. The van der Waals surface area contributed by atoms with Crippen molar-refractivity contribution >= 4 is 30.8 Å². The normalized spacial score (nSPS) is 7.41. The van der Waals surface area contributed by atoms with Crippen molar-refractivity contribution in [3.8, 4) is 5.75 Å². The van der Waals surface area contributed by atoms with Crippen LogP contribution in [0.4, 0.5) is 11.4 Å². The quantitative estimate of drug-likeness (QED) is 0.336. The minimum absolute atomic E-state index is 0. The van der Waals surface area contributed by atoms with Gasteiger partial charge >= 0.3 is 40.2 Å². The third-order valence-corrected chi connectivity index (χ3v) is 1.48. The Morgan fingerprint density at radius 1 is 1.53 bits per heavy atom. The summed E-state index contributed by atoms with van der Waals surface area (Å²) in [6, 6.07) is 3.76. The Morgan fingerprint density at radius 2 is 2.06 bits per heavy atom. The topological polar surface area (TPSA) is 80.5 Å². The van der Waals surface area contributed by atoms with Gasteiger partial charge in [-0.1, -0.05) is 0 Å². The fraction of sp³-hybridized carbons (Fsp3) is 0.143. The number of diazo groups is 1. The summed E-state index contributed by atoms with van der Waals surface area (Å²) in [5.41, 5.74) is -0.106. The molecule has 0 saturated heterocycles. The Hall–Kier alpha value is -0.667. The van der Waals surface area contributed by atoms with Crippen LogP contribution in [0.1, 0.15) is 0 Å². The molecule has 0 radical (unpaired) electrons. The maximum atomic E-state index is 10.3. The average molecular weight is 352 g/mol. The fourth-order valence-electron chi connectivity index (χ4n) is 0.870. The summed E-state index contributed by atoms with van der Waals surface area (Å²) in [5, 5.41) is 18.8. The van der Waals surface area contributed by atoms with Gasteiger partial charge in [-0.15, -0.1) is 0 Å². The summed E-state index contributed by atoms with van der Waals surface area (Å²) < 4.78 is 4.79. The first-order valence-electron chi connectivity index (χ1n) is 3.90. The van der Waals surface area contributed by atoms with E-state index < -0.39 is 20.1 Å². The molecule has 10 heteroatoms. The molecule has 0 amide bonds. The van der Waals surface area contributed by atoms with Crippen LogP contribution in [0.15, 0.2) is 18.2 Å². The van der Waals surface area contributed by atoms with Crippen molar-refractivity contribution < 1.29 is 37.2 Å².